The molecule has 1 aliphatic rings. The normalized spacial score (nSPS) is 14.8. The van der Waals surface area contributed by atoms with E-state index in [0.29, 0.717) is 17.3 Å². The highest BCUT2D eigenvalue weighted by atomic mass is 19.1. The van der Waals surface area contributed by atoms with Gasteiger partial charge in [0.15, 0.2) is 0 Å². The third kappa shape index (κ3) is 2.74. The minimum atomic E-state index is -0.218. The zero-order chi connectivity index (χ0) is 15.7. The lowest BCUT2D eigenvalue weighted by molar-refractivity contribution is 0.281. The summed E-state index contributed by atoms with van der Waals surface area (Å²) in [5.74, 6) is 0.210. The first-order valence-electron chi connectivity index (χ1n) is 7.33. The highest BCUT2D eigenvalue weighted by molar-refractivity contribution is 5.69. The molecule has 116 valence electrons. The first-order valence-corrected chi connectivity index (χ1v) is 7.33. The molecule has 1 atom stereocenters. The van der Waals surface area contributed by atoms with Gasteiger partial charge in [-0.15, -0.1) is 0 Å². The molecule has 0 saturated heterocycles. The van der Waals surface area contributed by atoms with Crippen molar-refractivity contribution in [1.29, 1.82) is 0 Å². The number of fused-ring (bicyclic) bond motifs is 1. The van der Waals surface area contributed by atoms with Gasteiger partial charge in [0.05, 0.1) is 18.0 Å². The molecule has 22 heavy (non-hydrogen) atoms. The molecule has 0 spiro atoms. The predicted molar refractivity (Wildman–Crippen MR) is 84.6 cm³/mol. The van der Waals surface area contributed by atoms with Gasteiger partial charge in [0, 0.05) is 31.4 Å². The van der Waals surface area contributed by atoms with E-state index in [-0.39, 0.29) is 18.5 Å². The lowest BCUT2D eigenvalue weighted by Crippen LogP contribution is -2.20. The molecular weight excluding hydrogens is 283 g/mol. The van der Waals surface area contributed by atoms with E-state index in [1.165, 1.54) is 6.07 Å². The minimum absolute atomic E-state index is 0.00655. The molecular formula is C16H19FN4O. The van der Waals surface area contributed by atoms with E-state index in [0.717, 1.165) is 24.1 Å². The van der Waals surface area contributed by atoms with Crippen LogP contribution in [0.5, 0.6) is 0 Å². The summed E-state index contributed by atoms with van der Waals surface area (Å²) in [6.07, 6.45) is 2.47. The van der Waals surface area contributed by atoms with Crippen molar-refractivity contribution in [1.82, 2.24) is 9.97 Å². The average Bonchev–Trinajstić information content (AvgIpc) is 2.89. The molecule has 1 aliphatic heterocycles. The van der Waals surface area contributed by atoms with Crippen molar-refractivity contribution in [3.05, 3.63) is 35.8 Å². The van der Waals surface area contributed by atoms with Crippen LogP contribution in [0.15, 0.2) is 24.4 Å². The van der Waals surface area contributed by atoms with Crippen LogP contribution in [0, 0.1) is 5.82 Å². The first kappa shape index (κ1) is 14.7. The van der Waals surface area contributed by atoms with Crippen molar-refractivity contribution < 1.29 is 9.50 Å². The van der Waals surface area contributed by atoms with Gasteiger partial charge in [-0.1, -0.05) is 0 Å². The number of nitrogens with zero attached hydrogens (tertiary/aromatic N) is 3. The lowest BCUT2D eigenvalue weighted by atomic mass is 10.1. The molecule has 3 rings (SSSR count). The third-order valence-electron chi connectivity index (χ3n) is 3.84. The topological polar surface area (TPSA) is 61.3 Å². The number of rotatable bonds is 4. The van der Waals surface area contributed by atoms with Crippen LogP contribution in [-0.2, 0) is 6.42 Å². The Morgan fingerprint density at radius 3 is 3.05 bits per heavy atom. The highest BCUT2D eigenvalue weighted by Crippen LogP contribution is 2.33. The molecule has 1 unspecified atom stereocenters. The van der Waals surface area contributed by atoms with Crippen LogP contribution in [0.4, 0.5) is 16.0 Å². The smallest absolute Gasteiger partial charge is 0.223 e. The fourth-order valence-electron chi connectivity index (χ4n) is 2.68. The summed E-state index contributed by atoms with van der Waals surface area (Å²) in [5, 5.41) is 12.1. The van der Waals surface area contributed by atoms with Gasteiger partial charge in [-0.05, 0) is 37.1 Å². The Hall–Kier alpha value is -2.21. The lowest BCUT2D eigenvalue weighted by Gasteiger charge is -2.14. The van der Waals surface area contributed by atoms with Crippen molar-refractivity contribution in [2.45, 2.75) is 19.4 Å². The predicted octanol–water partition coefficient (Wildman–Crippen LogP) is 2.07. The van der Waals surface area contributed by atoms with Gasteiger partial charge in [-0.2, -0.15) is 0 Å². The van der Waals surface area contributed by atoms with Crippen molar-refractivity contribution in [3.8, 4) is 11.3 Å². The molecule has 1 aromatic carbocycles. The van der Waals surface area contributed by atoms with E-state index in [2.05, 4.69) is 15.3 Å². The molecule has 0 radical (unpaired) electrons. The second-order valence-corrected chi connectivity index (χ2v) is 5.63. The molecule has 1 aromatic heterocycles. The zero-order valence-corrected chi connectivity index (χ0v) is 12.7. The van der Waals surface area contributed by atoms with Crippen LogP contribution < -0.4 is 10.2 Å². The summed E-state index contributed by atoms with van der Waals surface area (Å²) in [4.78, 5) is 10.5. The molecule has 2 N–H and O–H groups in total. The Bertz CT molecular complexity index is 692. The molecule has 5 nitrogen and oxygen atoms in total. The van der Waals surface area contributed by atoms with E-state index in [4.69, 9.17) is 5.11 Å². The number of hydrogen-bond donors (Lipinski definition) is 2. The quantitative estimate of drug-likeness (QED) is 0.905. The number of nitrogens with one attached hydrogen (secondary N) is 1. The van der Waals surface area contributed by atoms with E-state index in [1.807, 2.05) is 24.9 Å². The summed E-state index contributed by atoms with van der Waals surface area (Å²) in [6.45, 7) is 2.66. The molecule has 2 heterocycles. The standard InChI is InChI=1S/C16H19FN4O/c1-10(9-22)19-16-18-5-3-14(20-16)12-7-11-4-6-21(2)15(11)13(17)8-12/h3,5,7-8,10,22H,4,6,9H2,1-2H3,(H,18,19,20). The number of anilines is 2. The summed E-state index contributed by atoms with van der Waals surface area (Å²) < 4.78 is 14.3. The summed E-state index contributed by atoms with van der Waals surface area (Å²) in [5.41, 5.74) is 3.10. The SMILES string of the molecule is CC(CO)Nc1nccc(-c2cc(F)c3c(c2)CCN3C)n1. The summed E-state index contributed by atoms with van der Waals surface area (Å²) in [6, 6.07) is 5.13. The van der Waals surface area contributed by atoms with Gasteiger partial charge in [-0.25, -0.2) is 14.4 Å². The van der Waals surface area contributed by atoms with E-state index >= 15 is 0 Å². The molecule has 0 bridgehead atoms. The Labute approximate surface area is 128 Å². The number of aliphatic hydroxyl groups is 1. The fourth-order valence-corrected chi connectivity index (χ4v) is 2.68. The number of hydrogen-bond acceptors (Lipinski definition) is 5. The number of likely N-dealkylation sites (N-methyl/N-ethyl adjacent to an activating group) is 1. The second kappa shape index (κ2) is 5.88. The zero-order valence-electron chi connectivity index (χ0n) is 12.7. The van der Waals surface area contributed by atoms with Crippen LogP contribution in [0.25, 0.3) is 11.3 Å². The molecule has 0 fully saturated rings. The molecule has 0 aliphatic carbocycles. The molecule has 0 saturated carbocycles. The van der Waals surface area contributed by atoms with Crippen LogP contribution in [-0.4, -0.2) is 41.3 Å². The largest absolute Gasteiger partial charge is 0.394 e. The number of aromatic nitrogens is 2. The highest BCUT2D eigenvalue weighted by Gasteiger charge is 2.21. The van der Waals surface area contributed by atoms with Crippen LogP contribution in [0.2, 0.25) is 0 Å². The van der Waals surface area contributed by atoms with Gasteiger partial charge < -0.3 is 15.3 Å². The van der Waals surface area contributed by atoms with Crippen molar-refractivity contribution in [3.63, 3.8) is 0 Å². The summed E-state index contributed by atoms with van der Waals surface area (Å²) in [7, 11) is 1.90. The Morgan fingerprint density at radius 2 is 2.27 bits per heavy atom. The van der Waals surface area contributed by atoms with Gasteiger partial charge in [0.1, 0.15) is 5.82 Å². The van der Waals surface area contributed by atoms with Gasteiger partial charge in [-0.3, -0.25) is 0 Å². The summed E-state index contributed by atoms with van der Waals surface area (Å²) >= 11 is 0. The maximum Gasteiger partial charge on any atom is 0.223 e. The maximum absolute atomic E-state index is 14.3. The van der Waals surface area contributed by atoms with Crippen molar-refractivity contribution in [2.24, 2.45) is 0 Å². The van der Waals surface area contributed by atoms with Gasteiger partial charge in [0.25, 0.3) is 0 Å². The Balaban J connectivity index is 1.95. The number of halogens is 1. The van der Waals surface area contributed by atoms with Crippen molar-refractivity contribution in [2.75, 3.05) is 30.4 Å². The van der Waals surface area contributed by atoms with E-state index in [1.54, 1.807) is 12.3 Å². The molecule has 6 heteroatoms. The number of aliphatic hydroxyl groups excluding tert-OH is 1. The monoisotopic (exact) mass is 302 g/mol. The number of benzene rings is 1. The molecule has 0 amide bonds. The first-order chi connectivity index (χ1) is 10.6. The molecule has 2 aromatic rings. The maximum atomic E-state index is 14.3. The second-order valence-electron chi connectivity index (χ2n) is 5.63. The third-order valence-corrected chi connectivity index (χ3v) is 3.84. The van der Waals surface area contributed by atoms with Gasteiger partial charge in [0.2, 0.25) is 5.95 Å². The van der Waals surface area contributed by atoms with Crippen LogP contribution in [0.1, 0.15) is 12.5 Å². The van der Waals surface area contributed by atoms with Crippen LogP contribution in [0.3, 0.4) is 0 Å². The van der Waals surface area contributed by atoms with E-state index in [9.17, 15) is 4.39 Å². The Kier molecular flexibility index (Phi) is 3.94. The van der Waals surface area contributed by atoms with Crippen molar-refractivity contribution >= 4 is 11.6 Å². The minimum Gasteiger partial charge on any atom is -0.394 e. The Morgan fingerprint density at radius 1 is 1.45 bits per heavy atom. The van der Waals surface area contributed by atoms with E-state index < -0.39 is 0 Å². The average molecular weight is 302 g/mol. The van der Waals surface area contributed by atoms with Gasteiger partial charge >= 0.3 is 0 Å². The van der Waals surface area contributed by atoms with Crippen LogP contribution >= 0.6 is 0 Å². The fraction of sp³-hybridized carbons (Fsp3) is 0.375.